The van der Waals surface area contributed by atoms with Crippen LogP contribution in [0.15, 0.2) is 40.8 Å². The highest BCUT2D eigenvalue weighted by Gasteiger charge is 2.14. The van der Waals surface area contributed by atoms with Crippen molar-refractivity contribution in [1.29, 1.82) is 0 Å². The molecule has 0 aliphatic heterocycles. The Balaban J connectivity index is 2.33. The van der Waals surface area contributed by atoms with Gasteiger partial charge in [-0.25, -0.2) is 4.79 Å². The van der Waals surface area contributed by atoms with Crippen LogP contribution in [0.5, 0.6) is 0 Å². The van der Waals surface area contributed by atoms with Gasteiger partial charge in [-0.1, -0.05) is 18.2 Å². The number of fused-ring (bicyclic) bond motifs is 1. The molecule has 1 heterocycles. The van der Waals surface area contributed by atoms with Gasteiger partial charge < -0.3 is 14.3 Å². The second kappa shape index (κ2) is 4.75. The first-order chi connectivity index (χ1) is 8.61. The number of ether oxygens (including phenoxy) is 1. The van der Waals surface area contributed by atoms with Gasteiger partial charge in [-0.05, 0) is 12.1 Å². The first kappa shape index (κ1) is 11.9. The van der Waals surface area contributed by atoms with Crippen LogP contribution >= 0.6 is 0 Å². The fraction of sp³-hybridized carbons (Fsp3) is 0.0769. The maximum atomic E-state index is 11.2. The van der Waals surface area contributed by atoms with E-state index in [4.69, 9.17) is 4.42 Å². The van der Waals surface area contributed by atoms with Gasteiger partial charge in [-0.2, -0.15) is 0 Å². The van der Waals surface area contributed by atoms with Crippen molar-refractivity contribution in [1.82, 2.24) is 0 Å². The molecule has 1 aromatic heterocycles. The lowest BCUT2D eigenvalue weighted by Gasteiger charge is -1.94. The monoisotopic (exact) mass is 246 g/mol. The van der Waals surface area contributed by atoms with Gasteiger partial charge >= 0.3 is 5.97 Å². The molecule has 0 aliphatic rings. The number of aliphatic hydroxyl groups excluding tert-OH is 1. The minimum atomic E-state index is -1.04. The topological polar surface area (TPSA) is 76.7 Å². The molecule has 0 fully saturated rings. The van der Waals surface area contributed by atoms with Crippen LogP contribution in [0.4, 0.5) is 0 Å². The Bertz CT molecular complexity index is 603. The number of hydrogen-bond acceptors (Lipinski definition) is 5. The van der Waals surface area contributed by atoms with Crippen molar-refractivity contribution < 1.29 is 23.8 Å². The molecule has 0 saturated heterocycles. The summed E-state index contributed by atoms with van der Waals surface area (Å²) in [5, 5.41) is 10.5. The summed E-state index contributed by atoms with van der Waals surface area (Å²) in [6.07, 6.45) is 0.767. The molecule has 0 unspecified atom stereocenters. The van der Waals surface area contributed by atoms with E-state index in [2.05, 4.69) is 4.74 Å². The zero-order valence-electron chi connectivity index (χ0n) is 9.54. The predicted molar refractivity (Wildman–Crippen MR) is 63.8 cm³/mol. The van der Waals surface area contributed by atoms with Gasteiger partial charge in [-0.15, -0.1) is 0 Å². The third-order valence-electron chi connectivity index (χ3n) is 2.33. The smallest absolute Gasteiger partial charge is 0.378 e. The molecule has 92 valence electrons. The number of furan rings is 1. The molecule has 0 aliphatic carbocycles. The third-order valence-corrected chi connectivity index (χ3v) is 2.33. The van der Waals surface area contributed by atoms with E-state index >= 15 is 0 Å². The molecule has 1 aromatic carbocycles. The average molecular weight is 246 g/mol. The van der Waals surface area contributed by atoms with E-state index in [1.54, 1.807) is 24.3 Å². The Morgan fingerprint density at radius 3 is 2.72 bits per heavy atom. The summed E-state index contributed by atoms with van der Waals surface area (Å²) in [5.74, 6) is -2.29. The Kier molecular flexibility index (Phi) is 3.14. The number of aliphatic hydroxyl groups is 1. The number of hydrogen-bond donors (Lipinski definition) is 1. The lowest BCUT2D eigenvalue weighted by molar-refractivity contribution is -0.149. The second-order valence-electron chi connectivity index (χ2n) is 3.53. The van der Waals surface area contributed by atoms with Crippen LogP contribution in [0.1, 0.15) is 5.76 Å². The summed E-state index contributed by atoms with van der Waals surface area (Å²) in [5.41, 5.74) is 0.581. The molecular formula is C13H10O5. The highest BCUT2D eigenvalue weighted by Crippen LogP contribution is 2.23. The molecule has 0 radical (unpaired) electrons. The Morgan fingerprint density at radius 1 is 1.33 bits per heavy atom. The van der Waals surface area contributed by atoms with Crippen LogP contribution in [-0.4, -0.2) is 24.0 Å². The number of benzene rings is 1. The molecule has 0 amide bonds. The Morgan fingerprint density at radius 2 is 2.06 bits per heavy atom. The van der Waals surface area contributed by atoms with Crippen LogP contribution < -0.4 is 0 Å². The van der Waals surface area contributed by atoms with Gasteiger partial charge in [0.1, 0.15) is 5.58 Å². The summed E-state index contributed by atoms with van der Waals surface area (Å²) in [7, 11) is 1.09. The summed E-state index contributed by atoms with van der Waals surface area (Å²) in [6.45, 7) is 0. The van der Waals surface area contributed by atoms with Crippen molar-refractivity contribution in [3.05, 3.63) is 42.2 Å². The zero-order valence-corrected chi connectivity index (χ0v) is 9.54. The molecule has 2 aromatic rings. The van der Waals surface area contributed by atoms with Crippen LogP contribution in [0.3, 0.4) is 0 Å². The Hall–Kier alpha value is -2.56. The number of para-hydroxylation sites is 1. The number of ketones is 1. The minimum Gasteiger partial charge on any atom is -0.504 e. The van der Waals surface area contributed by atoms with Crippen LogP contribution in [0, 0.1) is 0 Å². The van der Waals surface area contributed by atoms with E-state index in [-0.39, 0.29) is 5.76 Å². The maximum absolute atomic E-state index is 11.2. The van der Waals surface area contributed by atoms with E-state index in [1.807, 2.05) is 6.07 Å². The van der Waals surface area contributed by atoms with Crippen molar-refractivity contribution in [3.8, 4) is 0 Å². The normalized spacial score (nSPS) is 11.5. The number of rotatable bonds is 3. The van der Waals surface area contributed by atoms with Gasteiger partial charge in [0, 0.05) is 11.5 Å². The number of methoxy groups -OCH3 is 1. The number of carbonyl (C=O) groups excluding carboxylic acids is 2. The van der Waals surface area contributed by atoms with Gasteiger partial charge in [0.2, 0.25) is 0 Å². The maximum Gasteiger partial charge on any atom is 0.378 e. The third kappa shape index (κ3) is 2.24. The van der Waals surface area contributed by atoms with Crippen LogP contribution in [0.25, 0.3) is 16.7 Å². The van der Waals surface area contributed by atoms with Crippen LogP contribution in [-0.2, 0) is 14.3 Å². The highest BCUT2D eigenvalue weighted by atomic mass is 16.5. The molecule has 5 nitrogen and oxygen atoms in total. The lowest BCUT2D eigenvalue weighted by Crippen LogP contribution is -2.12. The fourth-order valence-corrected chi connectivity index (χ4v) is 1.46. The minimum absolute atomic E-state index is 0.119. The summed E-state index contributed by atoms with van der Waals surface area (Å²) in [6, 6.07) is 8.72. The summed E-state index contributed by atoms with van der Waals surface area (Å²) in [4.78, 5) is 22.1. The first-order valence-corrected chi connectivity index (χ1v) is 5.13. The average Bonchev–Trinajstić information content (AvgIpc) is 2.81. The van der Waals surface area contributed by atoms with Crippen molar-refractivity contribution >= 4 is 28.5 Å². The summed E-state index contributed by atoms with van der Waals surface area (Å²) >= 11 is 0. The van der Waals surface area contributed by atoms with E-state index in [1.165, 1.54) is 0 Å². The van der Waals surface area contributed by atoms with Crippen molar-refractivity contribution in [2.24, 2.45) is 0 Å². The number of carbonyl (C=O) groups is 2. The zero-order chi connectivity index (χ0) is 13.1. The molecule has 2 rings (SSSR count). The van der Waals surface area contributed by atoms with Crippen molar-refractivity contribution in [2.45, 2.75) is 0 Å². The van der Waals surface area contributed by atoms with Crippen molar-refractivity contribution in [2.75, 3.05) is 7.11 Å². The molecule has 0 saturated carbocycles. The highest BCUT2D eigenvalue weighted by molar-refractivity contribution is 6.39. The largest absolute Gasteiger partial charge is 0.504 e. The standard InChI is InChI=1S/C13H10O5/c1-17-13(16)10(15)7-9(14)12-6-8-4-2-3-5-11(8)18-12/h2-7,14H,1H3. The van der Waals surface area contributed by atoms with Gasteiger partial charge in [-0.3, -0.25) is 4.79 Å². The van der Waals surface area contributed by atoms with Gasteiger partial charge in [0.05, 0.1) is 7.11 Å². The SMILES string of the molecule is COC(=O)C(=O)C=C(O)c1cc2ccccc2o1. The van der Waals surface area contributed by atoms with E-state index in [0.29, 0.717) is 5.58 Å². The van der Waals surface area contributed by atoms with E-state index in [9.17, 15) is 14.7 Å². The van der Waals surface area contributed by atoms with Crippen molar-refractivity contribution in [3.63, 3.8) is 0 Å². The Labute approximate surface area is 102 Å². The molecule has 1 N–H and O–H groups in total. The van der Waals surface area contributed by atoms with E-state index in [0.717, 1.165) is 18.6 Å². The molecule has 18 heavy (non-hydrogen) atoms. The predicted octanol–water partition coefficient (Wildman–Crippen LogP) is 2.07. The number of esters is 1. The van der Waals surface area contributed by atoms with Gasteiger partial charge in [0.15, 0.2) is 11.5 Å². The lowest BCUT2D eigenvalue weighted by atomic mass is 10.2. The molecule has 5 heteroatoms. The van der Waals surface area contributed by atoms with Gasteiger partial charge in [0.25, 0.3) is 5.78 Å². The molecular weight excluding hydrogens is 236 g/mol. The molecule has 0 bridgehead atoms. The quantitative estimate of drug-likeness (QED) is 0.388. The molecule has 0 atom stereocenters. The molecule has 0 spiro atoms. The van der Waals surface area contributed by atoms with Crippen LogP contribution in [0.2, 0.25) is 0 Å². The summed E-state index contributed by atoms with van der Waals surface area (Å²) < 4.78 is 9.55. The fourth-order valence-electron chi connectivity index (χ4n) is 1.46. The van der Waals surface area contributed by atoms with E-state index < -0.39 is 17.5 Å². The second-order valence-corrected chi connectivity index (χ2v) is 3.53. The first-order valence-electron chi connectivity index (χ1n) is 5.13.